The molecule has 1 saturated heterocycles. The van der Waals surface area contributed by atoms with Crippen LogP contribution in [0.15, 0.2) is 35.5 Å². The first-order valence-electron chi connectivity index (χ1n) is 9.37. The Morgan fingerprint density at radius 2 is 2.03 bits per heavy atom. The van der Waals surface area contributed by atoms with E-state index in [1.54, 1.807) is 12.1 Å². The number of halogens is 5. The van der Waals surface area contributed by atoms with Crippen LogP contribution in [0.2, 0.25) is 10.0 Å². The maximum Gasteiger partial charge on any atom is 0.268 e. The average Bonchev–Trinajstić information content (AvgIpc) is 3.39. The van der Waals surface area contributed by atoms with Gasteiger partial charge in [0.2, 0.25) is 6.43 Å². The third kappa shape index (κ3) is 4.19. The molecule has 12 heteroatoms. The van der Waals surface area contributed by atoms with E-state index in [1.807, 2.05) is 0 Å². The number of nitrogens with zero attached hydrogens (tertiary/aromatic N) is 2. The van der Waals surface area contributed by atoms with Gasteiger partial charge in [-0.1, -0.05) is 35.4 Å². The molecule has 2 N–H and O–H groups in total. The van der Waals surface area contributed by atoms with Crippen molar-refractivity contribution in [2.75, 3.05) is 13.2 Å². The zero-order valence-corrected chi connectivity index (χ0v) is 18.5. The molecule has 32 heavy (non-hydrogen) atoms. The van der Waals surface area contributed by atoms with E-state index in [0.29, 0.717) is 22.0 Å². The molecule has 0 saturated carbocycles. The lowest BCUT2D eigenvalue weighted by Gasteiger charge is -2.28. The van der Waals surface area contributed by atoms with Gasteiger partial charge in [0, 0.05) is 18.2 Å². The number of amides is 1. The Balaban J connectivity index is 1.53. The van der Waals surface area contributed by atoms with Crippen molar-refractivity contribution >= 4 is 52.0 Å². The number of benzene rings is 1. The zero-order chi connectivity index (χ0) is 23.0. The van der Waals surface area contributed by atoms with Gasteiger partial charge in [-0.2, -0.15) is 0 Å². The molecule has 0 spiro atoms. The molecule has 168 valence electrons. The number of hydroxylamine groups is 1. The minimum atomic E-state index is -2.79. The number of nitrogens with one attached hydrogen (secondary N) is 2. The van der Waals surface area contributed by atoms with Crippen LogP contribution in [0.4, 0.5) is 13.2 Å². The summed E-state index contributed by atoms with van der Waals surface area (Å²) in [4.78, 5) is 25.3. The Morgan fingerprint density at radius 3 is 2.59 bits per heavy atom. The fourth-order valence-corrected chi connectivity index (χ4v) is 4.27. The Kier molecular flexibility index (Phi) is 6.39. The highest BCUT2D eigenvalue weighted by molar-refractivity contribution is 7.80. The molecule has 0 bridgehead atoms. The molecule has 3 heterocycles. The highest BCUT2D eigenvalue weighted by atomic mass is 35.5. The summed E-state index contributed by atoms with van der Waals surface area (Å²) in [6.45, 7) is -0.0904. The van der Waals surface area contributed by atoms with Crippen LogP contribution < -0.4 is 10.8 Å². The lowest BCUT2D eigenvalue weighted by molar-refractivity contribution is -0.124. The molecule has 2 aromatic rings. The highest BCUT2D eigenvalue weighted by Gasteiger charge is 2.47. The van der Waals surface area contributed by atoms with Crippen LogP contribution >= 0.6 is 35.4 Å². The van der Waals surface area contributed by atoms with Crippen molar-refractivity contribution in [2.24, 2.45) is 4.99 Å². The highest BCUT2D eigenvalue weighted by Crippen LogP contribution is 2.42. The van der Waals surface area contributed by atoms with Crippen LogP contribution in [0.1, 0.15) is 23.2 Å². The number of hydrogen-bond donors (Lipinski definition) is 2. The van der Waals surface area contributed by atoms with E-state index in [0.717, 1.165) is 12.1 Å². The van der Waals surface area contributed by atoms with Gasteiger partial charge in [-0.3, -0.25) is 19.6 Å². The van der Waals surface area contributed by atoms with E-state index in [2.05, 4.69) is 20.8 Å². The largest absolute Gasteiger partial charge is 0.362 e. The molecule has 1 amide bonds. The number of pyridine rings is 1. The van der Waals surface area contributed by atoms with E-state index in [-0.39, 0.29) is 41.1 Å². The van der Waals surface area contributed by atoms with Crippen LogP contribution in [0, 0.1) is 5.82 Å². The Labute approximate surface area is 196 Å². The number of aliphatic imine (C=N–C) groups is 1. The van der Waals surface area contributed by atoms with Gasteiger partial charge in [-0.15, -0.1) is 0 Å². The van der Waals surface area contributed by atoms with Gasteiger partial charge in [-0.25, -0.2) is 18.7 Å². The molecule has 6 nitrogen and oxygen atoms in total. The fraction of sp³-hybridized carbons (Fsp3) is 0.300. The molecule has 1 aromatic heterocycles. The number of thiocarbonyl (C=S) groups is 1. The van der Waals surface area contributed by atoms with E-state index in [9.17, 15) is 18.0 Å². The minimum absolute atomic E-state index is 0.113. The summed E-state index contributed by atoms with van der Waals surface area (Å²) in [6.07, 6.45) is -1.45. The number of aromatic nitrogens is 1. The molecule has 2 unspecified atom stereocenters. The van der Waals surface area contributed by atoms with Crippen molar-refractivity contribution < 1.29 is 22.8 Å². The van der Waals surface area contributed by atoms with Crippen LogP contribution in [0.3, 0.4) is 0 Å². The summed E-state index contributed by atoms with van der Waals surface area (Å²) < 4.78 is 42.2. The number of carbonyl (C=O) groups excluding carboxylic acids is 1. The third-order valence-corrected chi connectivity index (χ3v) is 6.28. The summed E-state index contributed by atoms with van der Waals surface area (Å²) in [5, 5.41) is 2.21. The normalized spacial score (nSPS) is 22.8. The lowest BCUT2D eigenvalue weighted by atomic mass is 9.78. The number of rotatable bonds is 5. The van der Waals surface area contributed by atoms with Gasteiger partial charge in [-0.05, 0) is 29.8 Å². The molecule has 2 aliphatic rings. The summed E-state index contributed by atoms with van der Waals surface area (Å²) in [5.41, 5.74) is 1.96. The molecule has 4 rings (SSSR count). The SMILES string of the molecule is O=C1NOCC1NC(=S)c1ccc(C2=NCC(c3cc(Cl)c(F)c(Cl)c3)(C(F)F)C2)nc1. The van der Waals surface area contributed by atoms with E-state index in [1.165, 1.54) is 6.20 Å². The van der Waals surface area contributed by atoms with Gasteiger partial charge in [0.15, 0.2) is 5.82 Å². The summed E-state index contributed by atoms with van der Waals surface area (Å²) in [6, 6.07) is 4.98. The van der Waals surface area contributed by atoms with Crippen molar-refractivity contribution in [3.05, 3.63) is 63.1 Å². The quantitative estimate of drug-likeness (QED) is 0.482. The Hall–Kier alpha value is -2.27. The second-order valence-electron chi connectivity index (χ2n) is 7.39. The molecule has 0 aliphatic carbocycles. The standard InChI is InChI=1S/C20H15Cl2F3N4O2S/c21-11-3-10(4-12(22)16(11)23)20(19(24)25)5-14(27-8-20)13-2-1-9(6-26-13)18(32)28-15-7-31-29-17(15)30/h1-4,6,15,19H,5,7-8H2,(H,28,32)(H,29,30). The maximum absolute atomic E-state index is 14.2. The monoisotopic (exact) mass is 502 g/mol. The summed E-state index contributed by atoms with van der Waals surface area (Å²) in [7, 11) is 0. The number of carbonyl (C=O) groups is 1. The average molecular weight is 503 g/mol. The Morgan fingerprint density at radius 1 is 1.31 bits per heavy atom. The van der Waals surface area contributed by atoms with Crippen molar-refractivity contribution in [2.45, 2.75) is 24.3 Å². The first kappa shape index (κ1) is 22.9. The van der Waals surface area contributed by atoms with Crippen LogP contribution in [-0.2, 0) is 15.0 Å². The predicted molar refractivity (Wildman–Crippen MR) is 117 cm³/mol. The van der Waals surface area contributed by atoms with Crippen molar-refractivity contribution in [3.63, 3.8) is 0 Å². The molecule has 1 fully saturated rings. The smallest absolute Gasteiger partial charge is 0.268 e. The first-order valence-corrected chi connectivity index (χ1v) is 10.5. The molecule has 0 radical (unpaired) electrons. The van der Waals surface area contributed by atoms with E-state index < -0.39 is 23.7 Å². The second-order valence-corrected chi connectivity index (χ2v) is 8.61. The lowest BCUT2D eigenvalue weighted by Crippen LogP contribution is -2.41. The molecule has 2 atom stereocenters. The number of alkyl halides is 2. The van der Waals surface area contributed by atoms with Crippen LogP contribution in [-0.4, -0.2) is 47.2 Å². The van der Waals surface area contributed by atoms with Crippen molar-refractivity contribution in [3.8, 4) is 0 Å². The Bertz CT molecular complexity index is 1090. The predicted octanol–water partition coefficient (Wildman–Crippen LogP) is 3.62. The van der Waals surface area contributed by atoms with Gasteiger partial charge < -0.3 is 5.32 Å². The third-order valence-electron chi connectivity index (χ3n) is 5.38. The van der Waals surface area contributed by atoms with Gasteiger partial charge in [0.25, 0.3) is 5.91 Å². The molecular weight excluding hydrogens is 488 g/mol. The molecule has 2 aliphatic heterocycles. The van der Waals surface area contributed by atoms with Gasteiger partial charge in [0.1, 0.15) is 17.6 Å². The van der Waals surface area contributed by atoms with E-state index >= 15 is 0 Å². The van der Waals surface area contributed by atoms with E-state index in [4.69, 9.17) is 40.3 Å². The number of hydrogen-bond acceptors (Lipinski definition) is 5. The van der Waals surface area contributed by atoms with Gasteiger partial charge in [0.05, 0.1) is 33.4 Å². The first-order chi connectivity index (χ1) is 15.2. The van der Waals surface area contributed by atoms with Gasteiger partial charge >= 0.3 is 0 Å². The molecular formula is C20H15Cl2F3N4O2S. The van der Waals surface area contributed by atoms with Crippen molar-refractivity contribution in [1.82, 2.24) is 15.8 Å². The summed E-state index contributed by atoms with van der Waals surface area (Å²) in [5.74, 6) is -1.19. The van der Waals surface area contributed by atoms with Crippen LogP contribution in [0.5, 0.6) is 0 Å². The zero-order valence-electron chi connectivity index (χ0n) is 16.2. The summed E-state index contributed by atoms with van der Waals surface area (Å²) >= 11 is 16.9. The molecule has 1 aromatic carbocycles. The topological polar surface area (TPSA) is 75.6 Å². The second kappa shape index (κ2) is 8.93. The van der Waals surface area contributed by atoms with Crippen molar-refractivity contribution in [1.29, 1.82) is 0 Å². The maximum atomic E-state index is 14.2. The van der Waals surface area contributed by atoms with Crippen LogP contribution in [0.25, 0.3) is 0 Å². The fourth-order valence-electron chi connectivity index (χ4n) is 3.52. The minimum Gasteiger partial charge on any atom is -0.362 e.